The predicted molar refractivity (Wildman–Crippen MR) is 82.8 cm³/mol. The number of hydrogen-bond donors (Lipinski definition) is 0. The molecule has 0 aliphatic carbocycles. The maximum atomic E-state index is 11.3. The number of rotatable bonds is 10. The molecular formula is C12H30O6P2. The van der Waals surface area contributed by atoms with Gasteiger partial charge >= 0.3 is 15.2 Å². The molecule has 0 aliphatic heterocycles. The third-order valence-corrected chi connectivity index (χ3v) is 4.54. The molecule has 0 aromatic carbocycles. The fourth-order valence-corrected chi connectivity index (χ4v) is 2.58. The summed E-state index contributed by atoms with van der Waals surface area (Å²) in [6, 6.07) is 0. The summed E-state index contributed by atoms with van der Waals surface area (Å²) < 4.78 is 41.6. The first-order chi connectivity index (χ1) is 9.24. The zero-order chi connectivity index (χ0) is 16.1. The molecule has 0 N–H and O–H groups in total. The molecule has 1 unspecified atom stereocenters. The molecular weight excluding hydrogens is 302 g/mol. The van der Waals surface area contributed by atoms with Gasteiger partial charge in [-0.3, -0.25) is 9.13 Å². The van der Waals surface area contributed by atoms with Gasteiger partial charge in [0.15, 0.2) is 0 Å². The van der Waals surface area contributed by atoms with Gasteiger partial charge in [-0.2, -0.15) is 0 Å². The van der Waals surface area contributed by atoms with Gasteiger partial charge in [-0.05, 0) is 19.3 Å². The lowest BCUT2D eigenvalue weighted by Gasteiger charge is -2.12. The van der Waals surface area contributed by atoms with Crippen molar-refractivity contribution in [3.05, 3.63) is 0 Å². The molecule has 0 amide bonds. The quantitative estimate of drug-likeness (QED) is 0.547. The molecule has 20 heavy (non-hydrogen) atoms. The van der Waals surface area contributed by atoms with Crippen molar-refractivity contribution in [3.63, 3.8) is 0 Å². The Morgan fingerprint density at radius 2 is 1.00 bits per heavy atom. The minimum atomic E-state index is -2.73. The molecule has 0 radical (unpaired) electrons. The van der Waals surface area contributed by atoms with Crippen molar-refractivity contribution in [2.45, 2.75) is 40.0 Å². The van der Waals surface area contributed by atoms with Crippen LogP contribution >= 0.6 is 15.2 Å². The van der Waals surface area contributed by atoms with E-state index in [2.05, 4.69) is 4.52 Å². The smallest absolute Gasteiger partial charge is 0.312 e. The minimum Gasteiger partial charge on any atom is -0.312 e. The van der Waals surface area contributed by atoms with Crippen LogP contribution in [-0.4, -0.2) is 40.3 Å². The van der Waals surface area contributed by atoms with E-state index < -0.39 is 15.2 Å². The fourth-order valence-electron chi connectivity index (χ4n) is 0.861. The summed E-state index contributed by atoms with van der Waals surface area (Å²) in [6.45, 7) is 10.4. The Balaban J connectivity index is 0. The first kappa shape index (κ1) is 22.6. The summed E-state index contributed by atoms with van der Waals surface area (Å²) in [4.78, 5) is 0. The van der Waals surface area contributed by atoms with Gasteiger partial charge in [0.05, 0.1) is 19.8 Å². The van der Waals surface area contributed by atoms with E-state index in [1.165, 1.54) is 20.4 Å². The molecule has 0 saturated carbocycles. The second kappa shape index (κ2) is 13.0. The van der Waals surface area contributed by atoms with Crippen LogP contribution in [0.25, 0.3) is 0 Å². The third-order valence-electron chi connectivity index (χ3n) is 1.92. The van der Waals surface area contributed by atoms with Gasteiger partial charge in [0.25, 0.3) is 0 Å². The molecule has 0 spiro atoms. The van der Waals surface area contributed by atoms with E-state index in [-0.39, 0.29) is 0 Å². The van der Waals surface area contributed by atoms with Crippen LogP contribution in [0.2, 0.25) is 0 Å². The lowest BCUT2D eigenvalue weighted by atomic mass is 10.5. The monoisotopic (exact) mass is 332 g/mol. The van der Waals surface area contributed by atoms with Crippen molar-refractivity contribution in [1.82, 2.24) is 0 Å². The van der Waals surface area contributed by atoms with E-state index >= 15 is 0 Å². The van der Waals surface area contributed by atoms with Crippen molar-refractivity contribution < 1.29 is 27.2 Å². The molecule has 0 aromatic heterocycles. The summed E-state index contributed by atoms with van der Waals surface area (Å²) in [7, 11) is -4.03. The molecule has 0 rings (SSSR count). The topological polar surface area (TPSA) is 71.1 Å². The minimum absolute atomic E-state index is 0.502. The van der Waals surface area contributed by atoms with Crippen molar-refractivity contribution in [3.8, 4) is 0 Å². The van der Waals surface area contributed by atoms with E-state index in [9.17, 15) is 9.13 Å². The summed E-state index contributed by atoms with van der Waals surface area (Å²) >= 11 is 0. The Hall–Kier alpha value is 0.300. The molecule has 124 valence electrons. The largest absolute Gasteiger partial charge is 0.327 e. The summed E-state index contributed by atoms with van der Waals surface area (Å²) in [5, 5.41) is 0. The zero-order valence-electron chi connectivity index (χ0n) is 13.6. The molecule has 8 heteroatoms. The van der Waals surface area contributed by atoms with Gasteiger partial charge in [0, 0.05) is 20.4 Å². The summed E-state index contributed by atoms with van der Waals surface area (Å²) in [6.07, 6.45) is 2.60. The Morgan fingerprint density at radius 3 is 1.25 bits per heavy atom. The second-order valence-electron chi connectivity index (χ2n) is 4.22. The summed E-state index contributed by atoms with van der Waals surface area (Å²) in [5.41, 5.74) is 0. The van der Waals surface area contributed by atoms with E-state index in [1.807, 2.05) is 20.8 Å². The fraction of sp³-hybridized carbons (Fsp3) is 1.00. The molecule has 0 fully saturated rings. The number of hydrogen-bond acceptors (Lipinski definition) is 6. The molecule has 0 aromatic rings. The van der Waals surface area contributed by atoms with Crippen LogP contribution < -0.4 is 0 Å². The maximum absolute atomic E-state index is 11.3. The van der Waals surface area contributed by atoms with E-state index in [4.69, 9.17) is 13.6 Å². The van der Waals surface area contributed by atoms with E-state index in [0.29, 0.717) is 19.8 Å². The third kappa shape index (κ3) is 16.4. The standard InChI is InChI=1S/C7H17O3P.C5H13O3P/c1-4-6-9-11(3,8)10-7-5-2;1-4-5-8-9(3,6)7-2/h4-7H2,1-3H3;4-5H2,1-3H3. The average molecular weight is 332 g/mol. The summed E-state index contributed by atoms with van der Waals surface area (Å²) in [5.74, 6) is 0. The van der Waals surface area contributed by atoms with Crippen molar-refractivity contribution in [1.29, 1.82) is 0 Å². The lowest BCUT2D eigenvalue weighted by molar-refractivity contribution is 0.209. The highest BCUT2D eigenvalue weighted by atomic mass is 31.2. The van der Waals surface area contributed by atoms with Gasteiger partial charge < -0.3 is 18.1 Å². The molecule has 1 atom stereocenters. The second-order valence-corrected chi connectivity index (χ2v) is 8.45. The van der Waals surface area contributed by atoms with Crippen LogP contribution in [0.1, 0.15) is 40.0 Å². The van der Waals surface area contributed by atoms with Gasteiger partial charge in [0.1, 0.15) is 0 Å². The van der Waals surface area contributed by atoms with E-state index in [0.717, 1.165) is 19.3 Å². The van der Waals surface area contributed by atoms with Gasteiger partial charge in [-0.1, -0.05) is 20.8 Å². The Kier molecular flexibility index (Phi) is 14.7. The Labute approximate surface area is 123 Å². The predicted octanol–water partition coefficient (Wildman–Crippen LogP) is 4.54. The maximum Gasteiger partial charge on any atom is 0.327 e. The molecule has 0 saturated heterocycles. The van der Waals surface area contributed by atoms with Crippen LogP contribution in [-0.2, 0) is 27.2 Å². The van der Waals surface area contributed by atoms with Crippen LogP contribution in [0.15, 0.2) is 0 Å². The van der Waals surface area contributed by atoms with Gasteiger partial charge in [0.2, 0.25) is 0 Å². The molecule has 0 aliphatic rings. The molecule has 0 heterocycles. The Morgan fingerprint density at radius 1 is 0.700 bits per heavy atom. The van der Waals surface area contributed by atoms with Crippen molar-refractivity contribution in [2.75, 3.05) is 40.3 Å². The zero-order valence-corrected chi connectivity index (χ0v) is 15.4. The van der Waals surface area contributed by atoms with Crippen LogP contribution in [0.3, 0.4) is 0 Å². The highest BCUT2D eigenvalue weighted by Gasteiger charge is 2.14. The van der Waals surface area contributed by atoms with Crippen molar-refractivity contribution >= 4 is 15.2 Å². The molecule has 6 nitrogen and oxygen atoms in total. The normalized spacial score (nSPS) is 14.3. The van der Waals surface area contributed by atoms with Gasteiger partial charge in [-0.15, -0.1) is 0 Å². The van der Waals surface area contributed by atoms with Crippen molar-refractivity contribution in [2.24, 2.45) is 0 Å². The highest BCUT2D eigenvalue weighted by Crippen LogP contribution is 2.43. The van der Waals surface area contributed by atoms with Crippen LogP contribution in [0, 0.1) is 0 Å². The van der Waals surface area contributed by atoms with Crippen LogP contribution in [0.4, 0.5) is 0 Å². The van der Waals surface area contributed by atoms with E-state index in [1.54, 1.807) is 0 Å². The average Bonchev–Trinajstić information content (AvgIpc) is 2.41. The molecule has 0 bridgehead atoms. The first-order valence-electron chi connectivity index (χ1n) is 6.89. The lowest BCUT2D eigenvalue weighted by Crippen LogP contribution is -1.96. The highest BCUT2D eigenvalue weighted by molar-refractivity contribution is 7.53. The van der Waals surface area contributed by atoms with Crippen LogP contribution in [0.5, 0.6) is 0 Å². The van der Waals surface area contributed by atoms with Gasteiger partial charge in [-0.25, -0.2) is 0 Å². The SMILES string of the molecule is CCCOP(C)(=O)OC.CCCOP(C)(=O)OCCC. The Bertz CT molecular complexity index is 296. The first-order valence-corrected chi connectivity index (χ1v) is 10.9.